The van der Waals surface area contributed by atoms with E-state index in [0.29, 0.717) is 31.3 Å². The summed E-state index contributed by atoms with van der Waals surface area (Å²) < 4.78 is 7.55. The molecule has 0 saturated carbocycles. The van der Waals surface area contributed by atoms with Gasteiger partial charge in [0.15, 0.2) is 5.76 Å². The number of furan rings is 1. The van der Waals surface area contributed by atoms with E-state index in [1.165, 1.54) is 0 Å². The van der Waals surface area contributed by atoms with Gasteiger partial charge in [-0.1, -0.05) is 13.8 Å². The van der Waals surface area contributed by atoms with Crippen LogP contribution >= 0.6 is 0 Å². The van der Waals surface area contributed by atoms with Gasteiger partial charge in [0.1, 0.15) is 11.8 Å². The normalized spacial score (nSPS) is 18.2. The van der Waals surface area contributed by atoms with Crippen LogP contribution in [0.15, 0.2) is 35.3 Å². The highest BCUT2D eigenvalue weighted by atomic mass is 16.4. The van der Waals surface area contributed by atoms with Crippen molar-refractivity contribution in [3.63, 3.8) is 0 Å². The van der Waals surface area contributed by atoms with Gasteiger partial charge in [0.05, 0.1) is 12.9 Å². The van der Waals surface area contributed by atoms with E-state index in [2.05, 4.69) is 18.8 Å². The molecule has 1 atom stereocenters. The van der Waals surface area contributed by atoms with Crippen molar-refractivity contribution in [2.75, 3.05) is 19.6 Å². The molecule has 1 saturated heterocycles. The zero-order valence-corrected chi connectivity index (χ0v) is 14.9. The summed E-state index contributed by atoms with van der Waals surface area (Å²) in [5.74, 6) is 1.13. The first-order valence-corrected chi connectivity index (χ1v) is 8.60. The Morgan fingerprint density at radius 2 is 2.16 bits per heavy atom. The molecule has 1 aliphatic rings. The van der Waals surface area contributed by atoms with Crippen LogP contribution in [0.1, 0.15) is 37.1 Å². The van der Waals surface area contributed by atoms with Gasteiger partial charge in [0.25, 0.3) is 5.91 Å². The topological polar surface area (TPSA) is 71.6 Å². The maximum atomic E-state index is 12.7. The summed E-state index contributed by atoms with van der Waals surface area (Å²) in [7, 11) is 0. The smallest absolute Gasteiger partial charge is 0.290 e. The number of hydrogen-bond acceptors (Lipinski definition) is 4. The molecule has 0 aliphatic carbocycles. The molecule has 3 heterocycles. The zero-order valence-electron chi connectivity index (χ0n) is 14.9. The van der Waals surface area contributed by atoms with Gasteiger partial charge in [-0.05, 0) is 25.0 Å². The van der Waals surface area contributed by atoms with Gasteiger partial charge in [-0.15, -0.1) is 0 Å². The molecule has 1 fully saturated rings. The first kappa shape index (κ1) is 17.3. The molecule has 2 aromatic rings. The molecule has 2 aromatic heterocycles. The van der Waals surface area contributed by atoms with Gasteiger partial charge >= 0.3 is 0 Å². The number of amides is 2. The number of aromatic nitrogens is 2. The number of carbonyl (C=O) groups is 2. The number of nitrogens with zero attached hydrogens (tertiary/aromatic N) is 4. The van der Waals surface area contributed by atoms with E-state index in [4.69, 9.17) is 4.42 Å². The average Bonchev–Trinajstić information content (AvgIpc) is 3.23. The molecule has 1 aliphatic heterocycles. The van der Waals surface area contributed by atoms with Crippen molar-refractivity contribution >= 4 is 11.8 Å². The highest BCUT2D eigenvalue weighted by Crippen LogP contribution is 2.18. The summed E-state index contributed by atoms with van der Waals surface area (Å²) in [5, 5.41) is 0. The molecule has 7 heteroatoms. The van der Waals surface area contributed by atoms with Gasteiger partial charge in [0.2, 0.25) is 5.91 Å². The zero-order chi connectivity index (χ0) is 18.0. The van der Waals surface area contributed by atoms with Crippen molar-refractivity contribution < 1.29 is 14.0 Å². The fourth-order valence-corrected chi connectivity index (χ4v) is 3.11. The molecule has 134 valence electrons. The Kier molecular flexibility index (Phi) is 4.92. The Bertz CT molecular complexity index is 735. The predicted molar refractivity (Wildman–Crippen MR) is 92.0 cm³/mol. The SMILES string of the molecule is CC(C)CN1CCN(C(=O)c2ccc(Cn3ccnc3)o2)C(C)C1=O. The molecule has 3 rings (SSSR count). The molecular formula is C18H24N4O3. The van der Waals surface area contributed by atoms with Crippen molar-refractivity contribution in [3.05, 3.63) is 42.4 Å². The Morgan fingerprint density at radius 3 is 2.84 bits per heavy atom. The molecule has 0 N–H and O–H groups in total. The second-order valence-electron chi connectivity index (χ2n) is 6.85. The molecule has 0 spiro atoms. The van der Waals surface area contributed by atoms with E-state index in [1.54, 1.807) is 36.5 Å². The largest absolute Gasteiger partial charge is 0.454 e. The summed E-state index contributed by atoms with van der Waals surface area (Å²) in [5.41, 5.74) is 0. The Balaban J connectivity index is 1.67. The minimum absolute atomic E-state index is 0.00139. The average molecular weight is 344 g/mol. The fourth-order valence-electron chi connectivity index (χ4n) is 3.11. The first-order valence-electron chi connectivity index (χ1n) is 8.60. The van der Waals surface area contributed by atoms with Crippen LogP contribution in [-0.2, 0) is 11.3 Å². The van der Waals surface area contributed by atoms with Crippen LogP contribution < -0.4 is 0 Å². The lowest BCUT2D eigenvalue weighted by molar-refractivity contribution is -0.140. The minimum Gasteiger partial charge on any atom is -0.454 e. The van der Waals surface area contributed by atoms with E-state index >= 15 is 0 Å². The van der Waals surface area contributed by atoms with E-state index in [9.17, 15) is 9.59 Å². The predicted octanol–water partition coefficient (Wildman–Crippen LogP) is 1.85. The molecule has 7 nitrogen and oxygen atoms in total. The second-order valence-corrected chi connectivity index (χ2v) is 6.85. The lowest BCUT2D eigenvalue weighted by atomic mass is 10.1. The number of carbonyl (C=O) groups excluding carboxylic acids is 2. The van der Waals surface area contributed by atoms with Crippen molar-refractivity contribution in [2.45, 2.75) is 33.4 Å². The molecule has 1 unspecified atom stereocenters. The number of hydrogen-bond donors (Lipinski definition) is 0. The molecule has 0 radical (unpaired) electrons. The fraction of sp³-hybridized carbons (Fsp3) is 0.500. The van der Waals surface area contributed by atoms with E-state index in [-0.39, 0.29) is 17.6 Å². The summed E-state index contributed by atoms with van der Waals surface area (Å²) in [4.78, 5) is 32.7. The van der Waals surface area contributed by atoms with E-state index in [0.717, 1.165) is 6.54 Å². The highest BCUT2D eigenvalue weighted by molar-refractivity contribution is 5.96. The van der Waals surface area contributed by atoms with Gasteiger partial charge in [0, 0.05) is 32.0 Å². The Labute approximate surface area is 147 Å². The van der Waals surface area contributed by atoms with Crippen LogP contribution in [0.4, 0.5) is 0 Å². The van der Waals surface area contributed by atoms with Crippen molar-refractivity contribution in [1.82, 2.24) is 19.4 Å². The summed E-state index contributed by atoms with van der Waals surface area (Å²) >= 11 is 0. The van der Waals surface area contributed by atoms with Gasteiger partial charge in [-0.3, -0.25) is 9.59 Å². The molecule has 2 amide bonds. The van der Waals surface area contributed by atoms with Crippen LogP contribution in [0.2, 0.25) is 0 Å². The second kappa shape index (κ2) is 7.13. The number of piperazine rings is 1. The lowest BCUT2D eigenvalue weighted by Gasteiger charge is -2.39. The van der Waals surface area contributed by atoms with E-state index < -0.39 is 6.04 Å². The minimum atomic E-state index is -0.470. The monoisotopic (exact) mass is 344 g/mol. The highest BCUT2D eigenvalue weighted by Gasteiger charge is 2.35. The first-order chi connectivity index (χ1) is 12.0. The van der Waals surface area contributed by atoms with Crippen molar-refractivity contribution in [1.29, 1.82) is 0 Å². The van der Waals surface area contributed by atoms with Gasteiger partial charge in [-0.25, -0.2) is 4.98 Å². The summed E-state index contributed by atoms with van der Waals surface area (Å²) in [6.07, 6.45) is 5.22. The summed E-state index contributed by atoms with van der Waals surface area (Å²) in [6.45, 7) is 8.28. The van der Waals surface area contributed by atoms with Crippen molar-refractivity contribution in [2.24, 2.45) is 5.92 Å². The van der Waals surface area contributed by atoms with Gasteiger partial charge in [-0.2, -0.15) is 0 Å². The standard InChI is InChI=1S/C18H24N4O3/c1-13(2)10-21-8-9-22(14(3)17(21)23)18(24)16-5-4-15(25-16)11-20-7-6-19-12-20/h4-7,12-14H,8-11H2,1-3H3. The quantitative estimate of drug-likeness (QED) is 0.830. The number of rotatable bonds is 5. The number of imidazole rings is 1. The maximum absolute atomic E-state index is 12.7. The van der Waals surface area contributed by atoms with Crippen molar-refractivity contribution in [3.8, 4) is 0 Å². The van der Waals surface area contributed by atoms with Gasteiger partial charge < -0.3 is 18.8 Å². The third-order valence-corrected chi connectivity index (χ3v) is 4.36. The van der Waals surface area contributed by atoms with Crippen LogP contribution in [-0.4, -0.2) is 56.8 Å². The van der Waals surface area contributed by atoms with Crippen LogP contribution in [0.3, 0.4) is 0 Å². The Morgan fingerprint density at radius 1 is 1.36 bits per heavy atom. The van der Waals surface area contributed by atoms with E-state index in [1.807, 2.05) is 15.7 Å². The molecule has 0 aromatic carbocycles. The maximum Gasteiger partial charge on any atom is 0.290 e. The third kappa shape index (κ3) is 3.75. The third-order valence-electron chi connectivity index (χ3n) is 4.36. The van der Waals surface area contributed by atoms with Crippen LogP contribution in [0, 0.1) is 5.92 Å². The van der Waals surface area contributed by atoms with Crippen LogP contribution in [0.5, 0.6) is 0 Å². The molecular weight excluding hydrogens is 320 g/mol. The van der Waals surface area contributed by atoms with Crippen LogP contribution in [0.25, 0.3) is 0 Å². The Hall–Kier alpha value is -2.57. The lowest BCUT2D eigenvalue weighted by Crippen LogP contribution is -2.58. The summed E-state index contributed by atoms with van der Waals surface area (Å²) in [6, 6.07) is 2.99. The molecule has 25 heavy (non-hydrogen) atoms. The molecule has 0 bridgehead atoms.